The highest BCUT2D eigenvalue weighted by atomic mass is 16.4. The van der Waals surface area contributed by atoms with Gasteiger partial charge in [-0.1, -0.05) is 0 Å². The van der Waals surface area contributed by atoms with Gasteiger partial charge in [0.2, 0.25) is 0 Å². The average Bonchev–Trinajstić information content (AvgIpc) is 2.28. The number of hydrazine groups is 1. The summed E-state index contributed by atoms with van der Waals surface area (Å²) in [6, 6.07) is -0.495. The van der Waals surface area contributed by atoms with Crippen molar-refractivity contribution >= 4 is 12.0 Å². The van der Waals surface area contributed by atoms with Crippen LogP contribution < -0.4 is 5.43 Å². The number of rotatable bonds is 4. The number of hydrogen-bond acceptors (Lipinski definition) is 4. The van der Waals surface area contributed by atoms with Gasteiger partial charge in [0.1, 0.15) is 6.54 Å². The highest BCUT2D eigenvalue weighted by molar-refractivity contribution is 5.80. The first-order chi connectivity index (χ1) is 8.40. The molecule has 0 aromatic heterocycles. The van der Waals surface area contributed by atoms with E-state index in [1.807, 2.05) is 12.1 Å². The number of carbonyl (C=O) groups excluding carboxylic acids is 1. The molecule has 104 valence electrons. The number of carboxylic acids is 1. The number of amides is 2. The normalized spacial score (nSPS) is 17.8. The number of nitrogens with zero attached hydrogens (tertiary/aromatic N) is 3. The van der Waals surface area contributed by atoms with Crippen LogP contribution in [0.15, 0.2) is 0 Å². The lowest BCUT2D eigenvalue weighted by Crippen LogP contribution is -2.57. The second kappa shape index (κ2) is 6.55. The lowest BCUT2D eigenvalue weighted by Gasteiger charge is -2.34. The quantitative estimate of drug-likeness (QED) is 0.721. The molecule has 0 spiro atoms. The second-order valence-corrected chi connectivity index (χ2v) is 4.82. The molecular formula is C11H22N4O3. The van der Waals surface area contributed by atoms with Crippen molar-refractivity contribution in [1.82, 2.24) is 20.2 Å². The molecule has 7 nitrogen and oxygen atoms in total. The van der Waals surface area contributed by atoms with Crippen molar-refractivity contribution in [3.8, 4) is 0 Å². The van der Waals surface area contributed by atoms with Crippen LogP contribution in [0, 0.1) is 0 Å². The minimum Gasteiger partial charge on any atom is -0.480 e. The van der Waals surface area contributed by atoms with E-state index in [0.717, 1.165) is 26.2 Å². The molecule has 0 aromatic carbocycles. The molecule has 0 aromatic rings. The van der Waals surface area contributed by atoms with Crippen LogP contribution in [-0.4, -0.2) is 77.7 Å². The zero-order chi connectivity index (χ0) is 13.7. The van der Waals surface area contributed by atoms with Gasteiger partial charge in [0.05, 0.1) is 0 Å². The molecule has 0 radical (unpaired) electrons. The third-order valence-corrected chi connectivity index (χ3v) is 2.95. The molecule has 1 aliphatic heterocycles. The Morgan fingerprint density at radius 3 is 2.28 bits per heavy atom. The lowest BCUT2D eigenvalue weighted by molar-refractivity contribution is -0.138. The summed E-state index contributed by atoms with van der Waals surface area (Å²) in [4.78, 5) is 26.2. The predicted octanol–water partition coefficient (Wildman–Crippen LogP) is -0.347. The van der Waals surface area contributed by atoms with E-state index < -0.39 is 5.97 Å². The molecule has 1 heterocycles. The summed E-state index contributed by atoms with van der Waals surface area (Å²) in [6.45, 7) is 6.60. The molecule has 0 bridgehead atoms. The third-order valence-electron chi connectivity index (χ3n) is 2.95. The van der Waals surface area contributed by atoms with Crippen molar-refractivity contribution in [3.05, 3.63) is 0 Å². The Balaban J connectivity index is 2.48. The van der Waals surface area contributed by atoms with Crippen molar-refractivity contribution in [3.63, 3.8) is 0 Å². The fourth-order valence-electron chi connectivity index (χ4n) is 1.75. The van der Waals surface area contributed by atoms with Crippen molar-refractivity contribution in [2.45, 2.75) is 19.9 Å². The van der Waals surface area contributed by atoms with Gasteiger partial charge in [0.25, 0.3) is 0 Å². The summed E-state index contributed by atoms with van der Waals surface area (Å²) in [5.41, 5.74) is 2.76. The molecule has 1 saturated heterocycles. The smallest absolute Gasteiger partial charge is 0.332 e. The maximum absolute atomic E-state index is 12.0. The fraction of sp³-hybridized carbons (Fsp3) is 0.818. The molecule has 18 heavy (non-hydrogen) atoms. The number of nitrogens with one attached hydrogen (secondary N) is 1. The standard InChI is InChI=1S/C11H22N4O3/c1-9(2)15(8-10(16)17)11(18)12-14-6-4-13(3)5-7-14/h9H,4-8H2,1-3H3,(H,12,18)(H,16,17). The highest BCUT2D eigenvalue weighted by Gasteiger charge is 2.23. The Hall–Kier alpha value is -1.34. The molecule has 0 aliphatic carbocycles. The first-order valence-corrected chi connectivity index (χ1v) is 6.12. The van der Waals surface area contributed by atoms with Gasteiger partial charge in [0.15, 0.2) is 0 Å². The third kappa shape index (κ3) is 4.50. The monoisotopic (exact) mass is 258 g/mol. The number of piperazine rings is 1. The number of likely N-dealkylation sites (N-methyl/N-ethyl adjacent to an activating group) is 1. The molecule has 7 heteroatoms. The summed E-state index contributed by atoms with van der Waals surface area (Å²) in [5, 5.41) is 10.6. The Bertz CT molecular complexity index is 301. The van der Waals surface area contributed by atoms with Gasteiger partial charge in [-0.3, -0.25) is 10.2 Å². The van der Waals surface area contributed by atoms with Crippen molar-refractivity contribution in [2.24, 2.45) is 0 Å². The van der Waals surface area contributed by atoms with E-state index in [2.05, 4.69) is 10.3 Å². The molecule has 1 rings (SSSR count). The maximum Gasteiger partial charge on any atom is 0.332 e. The zero-order valence-electron chi connectivity index (χ0n) is 11.2. The minimum absolute atomic E-state index is 0.145. The molecular weight excluding hydrogens is 236 g/mol. The van der Waals surface area contributed by atoms with Gasteiger partial charge in [-0.25, -0.2) is 9.80 Å². The molecule has 0 atom stereocenters. The first-order valence-electron chi connectivity index (χ1n) is 6.12. The summed E-state index contributed by atoms with van der Waals surface area (Å²) in [5.74, 6) is -1.00. The maximum atomic E-state index is 12.0. The van der Waals surface area contributed by atoms with Gasteiger partial charge in [-0.05, 0) is 20.9 Å². The summed E-state index contributed by atoms with van der Waals surface area (Å²) in [6.07, 6.45) is 0. The van der Waals surface area contributed by atoms with Crippen molar-refractivity contribution < 1.29 is 14.7 Å². The number of carbonyl (C=O) groups is 2. The van der Waals surface area contributed by atoms with E-state index in [9.17, 15) is 9.59 Å². The highest BCUT2D eigenvalue weighted by Crippen LogP contribution is 2.01. The van der Waals surface area contributed by atoms with E-state index in [1.165, 1.54) is 4.90 Å². The van der Waals surface area contributed by atoms with Gasteiger partial charge >= 0.3 is 12.0 Å². The van der Waals surface area contributed by atoms with Crippen molar-refractivity contribution in [2.75, 3.05) is 39.8 Å². The number of hydrogen-bond donors (Lipinski definition) is 2. The largest absolute Gasteiger partial charge is 0.480 e. The second-order valence-electron chi connectivity index (χ2n) is 4.82. The number of aliphatic carboxylic acids is 1. The van der Waals surface area contributed by atoms with Gasteiger partial charge in [-0.2, -0.15) is 0 Å². The van der Waals surface area contributed by atoms with Crippen LogP contribution in [0.2, 0.25) is 0 Å². The number of urea groups is 1. The van der Waals surface area contributed by atoms with E-state index >= 15 is 0 Å². The zero-order valence-corrected chi connectivity index (χ0v) is 11.2. The van der Waals surface area contributed by atoms with Crippen LogP contribution in [0.4, 0.5) is 4.79 Å². The van der Waals surface area contributed by atoms with Crippen LogP contribution in [0.1, 0.15) is 13.8 Å². The molecule has 1 aliphatic rings. The van der Waals surface area contributed by atoms with E-state index in [4.69, 9.17) is 5.11 Å². The molecule has 2 amide bonds. The topological polar surface area (TPSA) is 76.1 Å². The van der Waals surface area contributed by atoms with Crippen LogP contribution in [-0.2, 0) is 4.79 Å². The SMILES string of the molecule is CC(C)N(CC(=O)O)C(=O)NN1CCN(C)CC1. The molecule has 0 unspecified atom stereocenters. The Morgan fingerprint density at radius 1 is 1.28 bits per heavy atom. The average molecular weight is 258 g/mol. The van der Waals surface area contributed by atoms with Gasteiger partial charge in [0, 0.05) is 32.2 Å². The predicted molar refractivity (Wildman–Crippen MR) is 67.1 cm³/mol. The molecule has 1 fully saturated rings. The van der Waals surface area contributed by atoms with E-state index in [0.29, 0.717) is 0 Å². The van der Waals surface area contributed by atoms with Crippen LogP contribution >= 0.6 is 0 Å². The lowest BCUT2D eigenvalue weighted by atomic mass is 10.3. The van der Waals surface area contributed by atoms with Crippen LogP contribution in [0.25, 0.3) is 0 Å². The Labute approximate surface area is 107 Å². The first kappa shape index (κ1) is 14.7. The summed E-state index contributed by atoms with van der Waals surface area (Å²) in [7, 11) is 2.03. The van der Waals surface area contributed by atoms with Crippen LogP contribution in [0.5, 0.6) is 0 Å². The van der Waals surface area contributed by atoms with E-state index in [1.54, 1.807) is 13.8 Å². The molecule has 2 N–H and O–H groups in total. The van der Waals surface area contributed by atoms with Gasteiger partial charge < -0.3 is 14.9 Å². The molecule has 0 saturated carbocycles. The van der Waals surface area contributed by atoms with Crippen LogP contribution in [0.3, 0.4) is 0 Å². The summed E-state index contributed by atoms with van der Waals surface area (Å²) < 4.78 is 0. The minimum atomic E-state index is -1.00. The fourth-order valence-corrected chi connectivity index (χ4v) is 1.75. The summed E-state index contributed by atoms with van der Waals surface area (Å²) >= 11 is 0. The van der Waals surface area contributed by atoms with Gasteiger partial charge in [-0.15, -0.1) is 0 Å². The Kier molecular flexibility index (Phi) is 5.36. The number of carboxylic acid groups (broad SMARTS) is 1. The van der Waals surface area contributed by atoms with Crippen molar-refractivity contribution in [1.29, 1.82) is 0 Å². The van der Waals surface area contributed by atoms with E-state index in [-0.39, 0.29) is 18.6 Å². The Morgan fingerprint density at radius 2 is 1.83 bits per heavy atom.